The highest BCUT2D eigenvalue weighted by molar-refractivity contribution is 8.00. The van der Waals surface area contributed by atoms with Gasteiger partial charge in [-0.05, 0) is 13.3 Å². The zero-order chi connectivity index (χ0) is 11.6. The van der Waals surface area contributed by atoms with E-state index >= 15 is 0 Å². The molecule has 0 saturated heterocycles. The van der Waals surface area contributed by atoms with E-state index in [1.54, 1.807) is 23.4 Å². The fourth-order valence-electron chi connectivity index (χ4n) is 1.25. The standard InChI is InChI=1S/C10H19N3OS/c1-5-8-9(11)10(13(4)12-8)15-7(3)6(2)14/h6-7,14H,5,11H2,1-4H3. The smallest absolute Gasteiger partial charge is 0.117 e. The van der Waals surface area contributed by atoms with Crippen molar-refractivity contribution >= 4 is 17.4 Å². The Morgan fingerprint density at radius 3 is 2.53 bits per heavy atom. The predicted molar refractivity (Wildman–Crippen MR) is 64.0 cm³/mol. The minimum atomic E-state index is -0.352. The summed E-state index contributed by atoms with van der Waals surface area (Å²) in [6, 6.07) is 0. The molecule has 2 unspecified atom stereocenters. The number of rotatable bonds is 4. The van der Waals surface area contributed by atoms with Crippen molar-refractivity contribution in [3.63, 3.8) is 0 Å². The Labute approximate surface area is 94.9 Å². The van der Waals surface area contributed by atoms with Crippen LogP contribution in [0, 0.1) is 0 Å². The number of nitrogen functional groups attached to an aromatic ring is 1. The van der Waals surface area contributed by atoms with E-state index in [1.807, 2.05) is 20.9 Å². The Hall–Kier alpha value is -0.680. The zero-order valence-corrected chi connectivity index (χ0v) is 10.5. The summed E-state index contributed by atoms with van der Waals surface area (Å²) < 4.78 is 1.79. The molecule has 1 rings (SSSR count). The summed E-state index contributed by atoms with van der Waals surface area (Å²) in [6.07, 6.45) is 0.484. The third-order valence-corrected chi connectivity index (χ3v) is 3.89. The lowest BCUT2D eigenvalue weighted by Crippen LogP contribution is -2.15. The highest BCUT2D eigenvalue weighted by Crippen LogP contribution is 2.31. The lowest BCUT2D eigenvalue weighted by Gasteiger charge is -2.14. The fraction of sp³-hybridized carbons (Fsp3) is 0.700. The van der Waals surface area contributed by atoms with Crippen molar-refractivity contribution in [3.05, 3.63) is 5.69 Å². The van der Waals surface area contributed by atoms with Crippen LogP contribution in [0.2, 0.25) is 0 Å². The highest BCUT2D eigenvalue weighted by atomic mass is 32.2. The molecule has 0 saturated carbocycles. The van der Waals surface area contributed by atoms with Gasteiger partial charge in [0.1, 0.15) is 5.03 Å². The molecule has 0 bridgehead atoms. The van der Waals surface area contributed by atoms with Crippen LogP contribution in [0.15, 0.2) is 5.03 Å². The van der Waals surface area contributed by atoms with Crippen LogP contribution in [-0.2, 0) is 13.5 Å². The first-order chi connectivity index (χ1) is 6.97. The number of aliphatic hydroxyl groups is 1. The number of hydrogen-bond acceptors (Lipinski definition) is 4. The fourth-order valence-corrected chi connectivity index (χ4v) is 2.24. The van der Waals surface area contributed by atoms with Crippen molar-refractivity contribution in [2.24, 2.45) is 7.05 Å². The maximum atomic E-state index is 9.44. The van der Waals surface area contributed by atoms with Crippen molar-refractivity contribution in [2.75, 3.05) is 5.73 Å². The first-order valence-corrected chi connectivity index (χ1v) is 6.01. The quantitative estimate of drug-likeness (QED) is 0.767. The molecule has 0 amide bonds. The van der Waals surface area contributed by atoms with E-state index in [0.29, 0.717) is 0 Å². The van der Waals surface area contributed by atoms with Crippen LogP contribution < -0.4 is 5.73 Å². The van der Waals surface area contributed by atoms with Gasteiger partial charge in [-0.15, -0.1) is 0 Å². The van der Waals surface area contributed by atoms with Crippen molar-refractivity contribution in [3.8, 4) is 0 Å². The van der Waals surface area contributed by atoms with Gasteiger partial charge in [-0.2, -0.15) is 5.10 Å². The monoisotopic (exact) mass is 229 g/mol. The largest absolute Gasteiger partial charge is 0.395 e. The first kappa shape index (κ1) is 12.4. The van der Waals surface area contributed by atoms with Crippen LogP contribution in [0.3, 0.4) is 0 Å². The minimum absolute atomic E-state index is 0.118. The van der Waals surface area contributed by atoms with Gasteiger partial charge in [0.2, 0.25) is 0 Å². The summed E-state index contributed by atoms with van der Waals surface area (Å²) in [6.45, 7) is 5.80. The molecule has 1 aromatic rings. The number of nitrogens with zero attached hydrogens (tertiary/aromatic N) is 2. The Morgan fingerprint density at radius 2 is 2.13 bits per heavy atom. The van der Waals surface area contributed by atoms with Gasteiger partial charge in [-0.3, -0.25) is 4.68 Å². The molecule has 1 aromatic heterocycles. The lowest BCUT2D eigenvalue weighted by molar-refractivity contribution is 0.196. The van der Waals surface area contributed by atoms with Gasteiger partial charge in [0, 0.05) is 12.3 Å². The molecule has 0 radical (unpaired) electrons. The molecule has 0 spiro atoms. The lowest BCUT2D eigenvalue weighted by atomic mass is 10.3. The Bertz CT molecular complexity index is 336. The summed E-state index contributed by atoms with van der Waals surface area (Å²) in [4.78, 5) is 0. The van der Waals surface area contributed by atoms with Crippen LogP contribution >= 0.6 is 11.8 Å². The van der Waals surface area contributed by atoms with Gasteiger partial charge in [0.15, 0.2) is 0 Å². The topological polar surface area (TPSA) is 64.1 Å². The molecule has 5 heteroatoms. The zero-order valence-electron chi connectivity index (χ0n) is 9.69. The van der Waals surface area contributed by atoms with E-state index in [-0.39, 0.29) is 11.4 Å². The molecule has 2 atom stereocenters. The molecule has 0 fully saturated rings. The Kier molecular flexibility index (Phi) is 4.04. The average Bonchev–Trinajstić information content (AvgIpc) is 2.44. The molecule has 3 N–H and O–H groups in total. The van der Waals surface area contributed by atoms with Crippen LogP contribution in [0.1, 0.15) is 26.5 Å². The van der Waals surface area contributed by atoms with E-state index in [2.05, 4.69) is 5.10 Å². The first-order valence-electron chi connectivity index (χ1n) is 5.13. The molecule has 0 aliphatic carbocycles. The summed E-state index contributed by atoms with van der Waals surface area (Å²) >= 11 is 1.57. The van der Waals surface area contributed by atoms with Crippen molar-refractivity contribution in [2.45, 2.75) is 43.6 Å². The van der Waals surface area contributed by atoms with E-state index in [9.17, 15) is 5.11 Å². The van der Waals surface area contributed by atoms with Gasteiger partial charge >= 0.3 is 0 Å². The number of thioether (sulfide) groups is 1. The van der Waals surface area contributed by atoms with Crippen LogP contribution in [0.4, 0.5) is 5.69 Å². The van der Waals surface area contributed by atoms with Gasteiger partial charge in [0.25, 0.3) is 0 Å². The molecule has 86 valence electrons. The summed E-state index contributed by atoms with van der Waals surface area (Å²) in [5.41, 5.74) is 7.65. The normalized spacial score (nSPS) is 15.3. The van der Waals surface area contributed by atoms with E-state index in [4.69, 9.17) is 5.73 Å². The molecule has 0 aliphatic rings. The Balaban J connectivity index is 2.89. The maximum absolute atomic E-state index is 9.44. The Morgan fingerprint density at radius 1 is 1.53 bits per heavy atom. The molecule has 15 heavy (non-hydrogen) atoms. The average molecular weight is 229 g/mol. The van der Waals surface area contributed by atoms with Crippen LogP contribution in [-0.4, -0.2) is 26.2 Å². The summed E-state index contributed by atoms with van der Waals surface area (Å²) in [5.74, 6) is 0. The van der Waals surface area contributed by atoms with Gasteiger partial charge in [0.05, 0.1) is 17.5 Å². The third-order valence-electron chi connectivity index (χ3n) is 2.42. The van der Waals surface area contributed by atoms with E-state index in [1.165, 1.54) is 0 Å². The van der Waals surface area contributed by atoms with Gasteiger partial charge in [-0.25, -0.2) is 0 Å². The van der Waals surface area contributed by atoms with E-state index in [0.717, 1.165) is 22.8 Å². The number of nitrogens with two attached hydrogens (primary N) is 1. The molecule has 0 aliphatic heterocycles. The van der Waals surface area contributed by atoms with Gasteiger partial charge in [-0.1, -0.05) is 25.6 Å². The van der Waals surface area contributed by atoms with Crippen LogP contribution in [0.5, 0.6) is 0 Å². The highest BCUT2D eigenvalue weighted by Gasteiger charge is 2.17. The van der Waals surface area contributed by atoms with Crippen molar-refractivity contribution in [1.29, 1.82) is 0 Å². The third kappa shape index (κ3) is 2.66. The SMILES string of the molecule is CCc1nn(C)c(SC(C)C(C)O)c1N. The molecule has 0 aromatic carbocycles. The van der Waals surface area contributed by atoms with Crippen LogP contribution in [0.25, 0.3) is 0 Å². The second kappa shape index (κ2) is 4.90. The molecular weight excluding hydrogens is 210 g/mol. The molecule has 1 heterocycles. The number of aliphatic hydroxyl groups excluding tert-OH is 1. The number of anilines is 1. The second-order valence-corrected chi connectivity index (χ2v) is 5.07. The van der Waals surface area contributed by atoms with Gasteiger partial charge < -0.3 is 10.8 Å². The van der Waals surface area contributed by atoms with Crippen molar-refractivity contribution in [1.82, 2.24) is 9.78 Å². The number of hydrogen-bond donors (Lipinski definition) is 2. The second-order valence-electron chi connectivity index (χ2n) is 3.71. The molecular formula is C10H19N3OS. The van der Waals surface area contributed by atoms with E-state index < -0.39 is 0 Å². The summed E-state index contributed by atoms with van der Waals surface area (Å²) in [5, 5.41) is 14.8. The number of aryl methyl sites for hydroxylation is 2. The minimum Gasteiger partial charge on any atom is -0.395 e. The summed E-state index contributed by atoms with van der Waals surface area (Å²) in [7, 11) is 1.88. The predicted octanol–water partition coefficient (Wildman–Crippen LogP) is 1.43. The molecule has 4 nitrogen and oxygen atoms in total. The maximum Gasteiger partial charge on any atom is 0.117 e. The number of aromatic nitrogens is 2. The van der Waals surface area contributed by atoms with Crippen molar-refractivity contribution < 1.29 is 5.11 Å².